The molecule has 0 fully saturated rings. The Bertz CT molecular complexity index is 371. The molecule has 0 saturated heterocycles. The summed E-state index contributed by atoms with van der Waals surface area (Å²) in [4.78, 5) is 11.1. The van der Waals surface area contributed by atoms with Crippen molar-refractivity contribution >= 4 is 17.5 Å². The molecular formula is C12H16ClNO3. The fraction of sp³-hybridized carbons (Fsp3) is 0.417. The van der Waals surface area contributed by atoms with E-state index in [1.807, 2.05) is 0 Å². The van der Waals surface area contributed by atoms with E-state index in [0.29, 0.717) is 18.0 Å². The maximum Gasteiger partial charge on any atom is 0.245 e. The highest BCUT2D eigenvalue weighted by molar-refractivity contribution is 6.30. The molecule has 1 amide bonds. The molecule has 4 nitrogen and oxygen atoms in total. The normalized spacial score (nSPS) is 12.2. The van der Waals surface area contributed by atoms with E-state index in [1.54, 1.807) is 24.3 Å². The summed E-state index contributed by atoms with van der Waals surface area (Å²) in [7, 11) is 1.46. The number of benzene rings is 1. The van der Waals surface area contributed by atoms with Crippen molar-refractivity contribution < 1.29 is 14.6 Å². The van der Waals surface area contributed by atoms with Gasteiger partial charge in [-0.25, -0.2) is 0 Å². The van der Waals surface area contributed by atoms with Crippen LogP contribution in [0.25, 0.3) is 0 Å². The molecule has 0 aromatic heterocycles. The number of rotatable bonds is 6. The van der Waals surface area contributed by atoms with Gasteiger partial charge in [-0.3, -0.25) is 4.79 Å². The number of ether oxygens (including phenoxy) is 1. The number of nitrogens with one attached hydrogen (secondary N) is 1. The predicted octanol–water partition coefficient (Wildman–Crippen LogP) is 1.53. The number of halogens is 1. The summed E-state index contributed by atoms with van der Waals surface area (Å²) in [6.07, 6.45) is -0.188. The summed E-state index contributed by atoms with van der Waals surface area (Å²) in [5.41, 5.74) is 0.749. The second-order valence-electron chi connectivity index (χ2n) is 3.64. The zero-order valence-electron chi connectivity index (χ0n) is 9.65. The van der Waals surface area contributed by atoms with E-state index in [1.165, 1.54) is 7.11 Å². The number of methoxy groups -OCH3 is 1. The molecule has 0 spiro atoms. The summed E-state index contributed by atoms with van der Waals surface area (Å²) < 4.78 is 4.67. The van der Waals surface area contributed by atoms with Crippen LogP contribution in [0, 0.1) is 0 Å². The van der Waals surface area contributed by atoms with Gasteiger partial charge in [0.2, 0.25) is 5.91 Å². The van der Waals surface area contributed by atoms with Crippen molar-refractivity contribution in [3.05, 3.63) is 34.9 Å². The van der Waals surface area contributed by atoms with Crippen LogP contribution in [0.4, 0.5) is 0 Å². The first-order chi connectivity index (χ1) is 8.13. The van der Waals surface area contributed by atoms with Crippen LogP contribution < -0.4 is 5.32 Å². The molecule has 5 heteroatoms. The topological polar surface area (TPSA) is 58.6 Å². The fourth-order valence-corrected chi connectivity index (χ4v) is 1.61. The highest BCUT2D eigenvalue weighted by Crippen LogP contribution is 2.19. The van der Waals surface area contributed by atoms with Gasteiger partial charge in [0.15, 0.2) is 0 Å². The van der Waals surface area contributed by atoms with Crippen molar-refractivity contribution in [3.63, 3.8) is 0 Å². The van der Waals surface area contributed by atoms with E-state index < -0.39 is 6.10 Å². The minimum absolute atomic E-state index is 0.0350. The third-order valence-corrected chi connectivity index (χ3v) is 2.48. The van der Waals surface area contributed by atoms with E-state index in [-0.39, 0.29) is 12.5 Å². The van der Waals surface area contributed by atoms with Crippen molar-refractivity contribution in [1.29, 1.82) is 0 Å². The molecule has 0 aliphatic heterocycles. The van der Waals surface area contributed by atoms with E-state index in [2.05, 4.69) is 10.1 Å². The van der Waals surface area contributed by atoms with Crippen molar-refractivity contribution in [1.82, 2.24) is 5.32 Å². The van der Waals surface area contributed by atoms with Crippen LogP contribution in [0.5, 0.6) is 0 Å². The quantitative estimate of drug-likeness (QED) is 0.813. The Morgan fingerprint density at radius 2 is 2.35 bits per heavy atom. The largest absolute Gasteiger partial charge is 0.388 e. The number of aliphatic hydroxyl groups excluding tert-OH is 1. The lowest BCUT2D eigenvalue weighted by molar-refractivity contribution is -0.124. The third kappa shape index (κ3) is 5.17. The highest BCUT2D eigenvalue weighted by atomic mass is 35.5. The molecule has 17 heavy (non-hydrogen) atoms. The summed E-state index contributed by atoms with van der Waals surface area (Å²) in [6.45, 7) is 0.434. The first-order valence-corrected chi connectivity index (χ1v) is 5.70. The van der Waals surface area contributed by atoms with Crippen LogP contribution in [-0.2, 0) is 9.53 Å². The lowest BCUT2D eigenvalue weighted by Crippen LogP contribution is -2.28. The van der Waals surface area contributed by atoms with Crippen LogP contribution in [0.3, 0.4) is 0 Å². The minimum Gasteiger partial charge on any atom is -0.388 e. The number of hydrogen-bond acceptors (Lipinski definition) is 3. The van der Waals surface area contributed by atoms with Crippen LogP contribution in [-0.4, -0.2) is 31.3 Å². The van der Waals surface area contributed by atoms with Crippen molar-refractivity contribution in [2.45, 2.75) is 12.5 Å². The molecule has 1 aromatic carbocycles. The molecule has 0 radical (unpaired) electrons. The van der Waals surface area contributed by atoms with Gasteiger partial charge in [-0.15, -0.1) is 0 Å². The maximum absolute atomic E-state index is 11.1. The van der Waals surface area contributed by atoms with E-state index in [9.17, 15) is 9.90 Å². The van der Waals surface area contributed by atoms with Gasteiger partial charge in [0, 0.05) is 18.7 Å². The number of hydrogen-bond donors (Lipinski definition) is 2. The van der Waals surface area contributed by atoms with Crippen LogP contribution in [0.2, 0.25) is 5.02 Å². The molecule has 0 aliphatic rings. The standard InChI is InChI=1S/C12H16ClNO3/c1-17-8-12(16)14-6-5-11(15)9-3-2-4-10(13)7-9/h2-4,7,11,15H,5-6,8H2,1H3,(H,14,16)/t11-/m0/s1. The number of aliphatic hydroxyl groups is 1. The smallest absolute Gasteiger partial charge is 0.245 e. The molecule has 0 heterocycles. The monoisotopic (exact) mass is 257 g/mol. The number of carbonyl (C=O) groups excluding carboxylic acids is 1. The van der Waals surface area contributed by atoms with Gasteiger partial charge in [-0.2, -0.15) is 0 Å². The van der Waals surface area contributed by atoms with Crippen molar-refractivity contribution in [2.75, 3.05) is 20.3 Å². The molecule has 94 valence electrons. The summed E-state index contributed by atoms with van der Waals surface area (Å²) in [5, 5.41) is 13.1. The van der Waals surface area contributed by atoms with Gasteiger partial charge in [0.05, 0.1) is 6.10 Å². The molecule has 0 unspecified atom stereocenters. The minimum atomic E-state index is -0.628. The zero-order valence-corrected chi connectivity index (χ0v) is 10.4. The molecule has 1 atom stereocenters. The Balaban J connectivity index is 2.35. The lowest BCUT2D eigenvalue weighted by Gasteiger charge is -2.11. The first kappa shape index (κ1) is 14.0. The van der Waals surface area contributed by atoms with Crippen LogP contribution in [0.15, 0.2) is 24.3 Å². The number of amides is 1. The van der Waals surface area contributed by atoms with E-state index >= 15 is 0 Å². The Labute approximate surface area is 106 Å². The zero-order chi connectivity index (χ0) is 12.7. The fourth-order valence-electron chi connectivity index (χ4n) is 1.41. The molecular weight excluding hydrogens is 242 g/mol. The average Bonchev–Trinajstić information content (AvgIpc) is 2.29. The van der Waals surface area contributed by atoms with Crippen molar-refractivity contribution in [3.8, 4) is 0 Å². The van der Waals surface area contributed by atoms with E-state index in [4.69, 9.17) is 11.6 Å². The maximum atomic E-state index is 11.1. The van der Waals surface area contributed by atoms with E-state index in [0.717, 1.165) is 5.56 Å². The highest BCUT2D eigenvalue weighted by Gasteiger charge is 2.08. The van der Waals surface area contributed by atoms with Gasteiger partial charge < -0.3 is 15.2 Å². The van der Waals surface area contributed by atoms with Gasteiger partial charge in [-0.05, 0) is 24.1 Å². The van der Waals surface area contributed by atoms with Gasteiger partial charge in [-0.1, -0.05) is 23.7 Å². The second-order valence-corrected chi connectivity index (χ2v) is 4.08. The molecule has 0 saturated carbocycles. The Morgan fingerprint density at radius 3 is 3.00 bits per heavy atom. The lowest BCUT2D eigenvalue weighted by atomic mass is 10.1. The Morgan fingerprint density at radius 1 is 1.59 bits per heavy atom. The summed E-state index contributed by atoms with van der Waals surface area (Å²) >= 11 is 5.82. The Hall–Kier alpha value is -1.10. The van der Waals surface area contributed by atoms with Gasteiger partial charge in [0.25, 0.3) is 0 Å². The predicted molar refractivity (Wildman–Crippen MR) is 65.9 cm³/mol. The summed E-state index contributed by atoms with van der Waals surface area (Å²) in [5.74, 6) is -0.189. The average molecular weight is 258 g/mol. The van der Waals surface area contributed by atoms with Crippen molar-refractivity contribution in [2.24, 2.45) is 0 Å². The third-order valence-electron chi connectivity index (χ3n) is 2.25. The SMILES string of the molecule is COCC(=O)NCC[C@H](O)c1cccc(Cl)c1. The second kappa shape index (κ2) is 7.27. The molecule has 0 bridgehead atoms. The summed E-state index contributed by atoms with van der Waals surface area (Å²) in [6, 6.07) is 7.04. The molecule has 2 N–H and O–H groups in total. The molecule has 0 aliphatic carbocycles. The van der Waals surface area contributed by atoms with Gasteiger partial charge in [0.1, 0.15) is 6.61 Å². The van der Waals surface area contributed by atoms with Crippen LogP contribution in [0.1, 0.15) is 18.1 Å². The molecule has 1 rings (SSSR count). The van der Waals surface area contributed by atoms with Gasteiger partial charge >= 0.3 is 0 Å². The molecule has 1 aromatic rings. The number of carbonyl (C=O) groups is 1. The first-order valence-electron chi connectivity index (χ1n) is 5.32. The Kier molecular flexibility index (Phi) is 5.97. The van der Waals surface area contributed by atoms with Crippen LogP contribution >= 0.6 is 11.6 Å².